The second-order valence-electron chi connectivity index (χ2n) is 8.83. The number of carbonyl (C=O) groups is 1. The average molecular weight is 519 g/mol. The Morgan fingerprint density at radius 1 is 1.03 bits per heavy atom. The molecule has 8 nitrogen and oxygen atoms in total. The lowest BCUT2D eigenvalue weighted by atomic mass is 9.88. The van der Waals surface area contributed by atoms with Crippen molar-refractivity contribution in [2.24, 2.45) is 5.14 Å². The highest BCUT2D eigenvalue weighted by Crippen LogP contribution is 2.40. The van der Waals surface area contributed by atoms with E-state index in [-0.39, 0.29) is 23.1 Å². The molecule has 0 radical (unpaired) electrons. The first kappa shape index (κ1) is 26.7. The van der Waals surface area contributed by atoms with E-state index in [0.717, 1.165) is 56.2 Å². The van der Waals surface area contributed by atoms with Crippen molar-refractivity contribution < 1.29 is 26.4 Å². The number of nitrogens with one attached hydrogen (secondary N) is 1. The molecule has 0 bridgehead atoms. The smallest absolute Gasteiger partial charge is 0.266 e. The Bertz CT molecular complexity index is 1350. The van der Waals surface area contributed by atoms with Gasteiger partial charge in [-0.1, -0.05) is 49.8 Å². The first-order valence-electron chi connectivity index (χ1n) is 11.4. The Labute approximate surface area is 207 Å². The van der Waals surface area contributed by atoms with Crippen molar-refractivity contribution in [3.8, 4) is 18.1 Å². The number of nitrogens with two attached hydrogens (primary N) is 1. The summed E-state index contributed by atoms with van der Waals surface area (Å²) >= 11 is 0. The maximum atomic E-state index is 13.1. The zero-order valence-corrected chi connectivity index (χ0v) is 21.4. The molecule has 1 aliphatic carbocycles. The fourth-order valence-electron chi connectivity index (χ4n) is 4.35. The maximum absolute atomic E-state index is 13.1. The van der Waals surface area contributed by atoms with E-state index in [4.69, 9.17) is 16.3 Å². The quantitative estimate of drug-likeness (QED) is 0.425. The Morgan fingerprint density at radius 2 is 1.63 bits per heavy atom. The molecule has 35 heavy (non-hydrogen) atoms. The molecule has 2 aromatic carbocycles. The van der Waals surface area contributed by atoms with Gasteiger partial charge in [-0.3, -0.25) is 4.79 Å². The SMILES string of the molecule is C#Cc1c(C(=O)NS(=O)(=O)c2ccccc2S(N)(=O)=O)ccc(C2CCCCCC2)c1OC(C)C. The summed E-state index contributed by atoms with van der Waals surface area (Å²) in [5.41, 5.74) is 1.01. The number of sulfonamides is 2. The molecule has 0 spiro atoms. The predicted molar refractivity (Wildman–Crippen MR) is 133 cm³/mol. The number of terminal acetylenes is 1. The minimum absolute atomic E-state index is 0.0582. The van der Waals surface area contributed by atoms with E-state index in [0.29, 0.717) is 5.75 Å². The molecule has 3 N–H and O–H groups in total. The van der Waals surface area contributed by atoms with Crippen molar-refractivity contribution in [2.75, 3.05) is 0 Å². The van der Waals surface area contributed by atoms with Gasteiger partial charge in [0, 0.05) is 0 Å². The van der Waals surface area contributed by atoms with Crippen molar-refractivity contribution in [1.82, 2.24) is 4.72 Å². The number of carbonyl (C=O) groups excluding carboxylic acids is 1. The van der Waals surface area contributed by atoms with Gasteiger partial charge in [-0.2, -0.15) is 0 Å². The van der Waals surface area contributed by atoms with Gasteiger partial charge >= 0.3 is 0 Å². The number of ether oxygens (including phenoxy) is 1. The van der Waals surface area contributed by atoms with Crippen LogP contribution in [0.1, 0.15) is 79.8 Å². The van der Waals surface area contributed by atoms with Gasteiger partial charge in [0.05, 0.1) is 17.2 Å². The number of rotatable bonds is 7. The van der Waals surface area contributed by atoms with Crippen molar-refractivity contribution in [3.63, 3.8) is 0 Å². The molecule has 3 rings (SSSR count). The van der Waals surface area contributed by atoms with Crippen molar-refractivity contribution in [3.05, 3.63) is 53.1 Å². The lowest BCUT2D eigenvalue weighted by molar-refractivity contribution is 0.0980. The molecule has 0 heterocycles. The minimum atomic E-state index is -4.59. The van der Waals surface area contributed by atoms with Crippen LogP contribution in [0.25, 0.3) is 0 Å². The summed E-state index contributed by atoms with van der Waals surface area (Å²) in [4.78, 5) is 11.9. The lowest BCUT2D eigenvalue weighted by Crippen LogP contribution is -2.32. The maximum Gasteiger partial charge on any atom is 0.266 e. The van der Waals surface area contributed by atoms with E-state index in [1.807, 2.05) is 18.6 Å². The summed E-state index contributed by atoms with van der Waals surface area (Å²) in [7, 11) is -8.94. The molecular formula is C25H30N2O6S2. The summed E-state index contributed by atoms with van der Waals surface area (Å²) in [5, 5.41) is 5.16. The second-order valence-corrected chi connectivity index (χ2v) is 12.0. The fraction of sp³-hybridized carbons (Fsp3) is 0.400. The van der Waals surface area contributed by atoms with Gasteiger partial charge in [-0.05, 0) is 56.4 Å². The van der Waals surface area contributed by atoms with Crippen molar-refractivity contribution in [1.29, 1.82) is 0 Å². The lowest BCUT2D eigenvalue weighted by Gasteiger charge is -2.23. The third-order valence-corrected chi connectivity index (χ3v) is 8.39. The van der Waals surface area contributed by atoms with Gasteiger partial charge in [0.1, 0.15) is 15.5 Å². The molecule has 1 saturated carbocycles. The minimum Gasteiger partial charge on any atom is -0.489 e. The fourth-order valence-corrected chi connectivity index (χ4v) is 6.69. The highest BCUT2D eigenvalue weighted by molar-refractivity contribution is 7.92. The van der Waals surface area contributed by atoms with E-state index in [1.54, 1.807) is 6.07 Å². The van der Waals surface area contributed by atoms with Gasteiger partial charge in [0.15, 0.2) is 0 Å². The third kappa shape index (κ3) is 6.23. The molecule has 0 saturated heterocycles. The average Bonchev–Trinajstić information content (AvgIpc) is 3.07. The molecule has 2 aromatic rings. The number of benzene rings is 2. The summed E-state index contributed by atoms with van der Waals surface area (Å²) in [6.45, 7) is 3.69. The molecule has 0 aromatic heterocycles. The van der Waals surface area contributed by atoms with Crippen LogP contribution in [0.15, 0.2) is 46.2 Å². The van der Waals surface area contributed by atoms with Crippen LogP contribution in [0.2, 0.25) is 0 Å². The molecule has 1 fully saturated rings. The number of amides is 1. The summed E-state index contributed by atoms with van der Waals surface area (Å²) < 4.78 is 57.7. The summed E-state index contributed by atoms with van der Waals surface area (Å²) in [6.07, 6.45) is 12.0. The monoisotopic (exact) mass is 518 g/mol. The van der Waals surface area contributed by atoms with Crippen LogP contribution in [0, 0.1) is 12.3 Å². The Balaban J connectivity index is 2.05. The zero-order valence-electron chi connectivity index (χ0n) is 19.8. The molecule has 188 valence electrons. The molecule has 0 atom stereocenters. The van der Waals surface area contributed by atoms with Crippen LogP contribution in [0.5, 0.6) is 5.75 Å². The Morgan fingerprint density at radius 3 is 2.17 bits per heavy atom. The Hall–Kier alpha value is -2.87. The predicted octanol–water partition coefficient (Wildman–Crippen LogP) is 3.66. The molecule has 0 unspecified atom stereocenters. The van der Waals surface area contributed by atoms with Crippen molar-refractivity contribution >= 4 is 26.0 Å². The molecule has 10 heteroatoms. The van der Waals surface area contributed by atoms with Gasteiger partial charge in [0.2, 0.25) is 10.0 Å². The first-order valence-corrected chi connectivity index (χ1v) is 14.5. The van der Waals surface area contributed by atoms with Crippen LogP contribution in [0.3, 0.4) is 0 Å². The van der Waals surface area contributed by atoms with E-state index >= 15 is 0 Å². The van der Waals surface area contributed by atoms with Gasteiger partial charge in [-0.15, -0.1) is 6.42 Å². The van der Waals surface area contributed by atoms with Gasteiger partial charge in [-0.25, -0.2) is 26.7 Å². The zero-order chi connectivity index (χ0) is 25.8. The first-order chi connectivity index (χ1) is 16.5. The third-order valence-electron chi connectivity index (χ3n) is 5.90. The van der Waals surface area contributed by atoms with Crippen LogP contribution in [-0.2, 0) is 20.0 Å². The number of hydrogen-bond donors (Lipinski definition) is 2. The van der Waals surface area contributed by atoms with Crippen LogP contribution < -0.4 is 14.6 Å². The van der Waals surface area contributed by atoms with E-state index < -0.39 is 35.7 Å². The molecular weight excluding hydrogens is 488 g/mol. The molecule has 1 aliphatic rings. The summed E-state index contributed by atoms with van der Waals surface area (Å²) in [6, 6.07) is 8.04. The normalized spacial score (nSPS) is 15.3. The summed E-state index contributed by atoms with van der Waals surface area (Å²) in [5.74, 6) is 2.14. The second kappa shape index (κ2) is 10.8. The topological polar surface area (TPSA) is 133 Å². The highest BCUT2D eigenvalue weighted by Gasteiger charge is 2.29. The molecule has 0 aliphatic heterocycles. The number of hydrogen-bond acceptors (Lipinski definition) is 6. The van der Waals surface area contributed by atoms with E-state index in [9.17, 15) is 21.6 Å². The Kier molecular flexibility index (Phi) is 8.26. The van der Waals surface area contributed by atoms with E-state index in [1.165, 1.54) is 18.2 Å². The number of primary sulfonamides is 1. The van der Waals surface area contributed by atoms with Crippen molar-refractivity contribution in [2.45, 2.75) is 74.2 Å². The van der Waals surface area contributed by atoms with Crippen LogP contribution in [0.4, 0.5) is 0 Å². The van der Waals surface area contributed by atoms with Gasteiger partial charge in [0.25, 0.3) is 15.9 Å². The van der Waals surface area contributed by atoms with Gasteiger partial charge < -0.3 is 4.74 Å². The standard InChI is InChI=1S/C25H30N2O6S2/c1-4-19-21(16-15-20(24(19)33-17(2)3)18-11-7-5-6-8-12-18)25(28)27-35(31,32)23-14-10-9-13-22(23)34(26,29)30/h1,9-10,13-18H,5-8,11-12H2,2-3H3,(H,27,28)(H2,26,29,30). The molecule has 1 amide bonds. The van der Waals surface area contributed by atoms with E-state index in [2.05, 4.69) is 5.92 Å². The van der Waals surface area contributed by atoms with Crippen LogP contribution in [-0.4, -0.2) is 28.8 Å². The highest BCUT2D eigenvalue weighted by atomic mass is 32.2. The van der Waals surface area contributed by atoms with Crippen LogP contribution >= 0.6 is 0 Å². The largest absolute Gasteiger partial charge is 0.489 e.